The lowest BCUT2D eigenvalue weighted by Crippen LogP contribution is -2.28. The lowest BCUT2D eigenvalue weighted by atomic mass is 10.2. The molecule has 0 saturated carbocycles. The molecule has 0 spiro atoms. The predicted octanol–water partition coefficient (Wildman–Crippen LogP) is 1.39. The Morgan fingerprint density at radius 2 is 1.95 bits per heavy atom. The number of methoxy groups -OCH3 is 2. The monoisotopic (exact) mass is 315 g/mol. The van der Waals surface area contributed by atoms with Crippen LogP contribution < -0.4 is 9.47 Å². The number of nitrogens with zero attached hydrogens (tertiary/aromatic N) is 1. The Hall–Kier alpha value is -1.57. The summed E-state index contributed by atoms with van der Waals surface area (Å²) in [7, 11) is 0.612. The van der Waals surface area contributed by atoms with E-state index in [0.717, 1.165) is 5.57 Å². The van der Waals surface area contributed by atoms with E-state index < -0.39 is 10.0 Å². The van der Waals surface area contributed by atoms with Crippen molar-refractivity contribution in [3.05, 3.63) is 29.8 Å². The second-order valence-corrected chi connectivity index (χ2v) is 6.74. The van der Waals surface area contributed by atoms with Crippen LogP contribution in [0.1, 0.15) is 12.5 Å². The van der Waals surface area contributed by atoms with Crippen LogP contribution in [-0.2, 0) is 16.6 Å². The van der Waals surface area contributed by atoms with Gasteiger partial charge in [0.15, 0.2) is 11.5 Å². The van der Waals surface area contributed by atoms with E-state index in [2.05, 4.69) is 6.58 Å². The molecule has 0 saturated heterocycles. The minimum atomic E-state index is -3.70. The first-order chi connectivity index (χ1) is 9.77. The Labute approximate surface area is 125 Å². The fourth-order valence-electron chi connectivity index (χ4n) is 1.93. The number of benzene rings is 1. The zero-order valence-corrected chi connectivity index (χ0v) is 13.5. The van der Waals surface area contributed by atoms with Gasteiger partial charge in [0.25, 0.3) is 0 Å². The van der Waals surface area contributed by atoms with E-state index in [4.69, 9.17) is 9.47 Å². The normalized spacial score (nSPS) is 11.5. The van der Waals surface area contributed by atoms with E-state index in [1.807, 2.05) is 0 Å². The Balaban J connectivity index is 3.39. The summed E-state index contributed by atoms with van der Waals surface area (Å²) in [5, 5.41) is 9.39. The van der Waals surface area contributed by atoms with Crippen LogP contribution in [0.5, 0.6) is 11.5 Å². The van der Waals surface area contributed by atoms with Gasteiger partial charge in [-0.3, -0.25) is 0 Å². The van der Waals surface area contributed by atoms with Crippen LogP contribution in [0, 0.1) is 0 Å². The van der Waals surface area contributed by atoms with E-state index >= 15 is 0 Å². The molecule has 0 unspecified atom stereocenters. The molecule has 0 bridgehead atoms. The molecule has 1 rings (SSSR count). The summed E-state index contributed by atoms with van der Waals surface area (Å²) in [6, 6.07) is 2.76. The van der Waals surface area contributed by atoms with E-state index in [1.54, 1.807) is 6.92 Å². The molecule has 1 N–H and O–H groups in total. The van der Waals surface area contributed by atoms with Crippen LogP contribution in [0.25, 0.3) is 0 Å². The van der Waals surface area contributed by atoms with Crippen molar-refractivity contribution in [3.63, 3.8) is 0 Å². The first-order valence-corrected chi connectivity index (χ1v) is 7.68. The van der Waals surface area contributed by atoms with Gasteiger partial charge in [0.1, 0.15) is 0 Å². The van der Waals surface area contributed by atoms with Crippen molar-refractivity contribution in [2.45, 2.75) is 18.4 Å². The standard InChI is InChI=1S/C14H21NO5S/c1-10(2)8-15(3)21(17,18)12-6-11(9-16)14(20-5)13(7-12)19-4/h6-7,16H,1,8-9H2,2-5H3. The molecule has 0 amide bonds. The number of aliphatic hydroxyl groups is 1. The third-order valence-electron chi connectivity index (χ3n) is 2.90. The maximum Gasteiger partial charge on any atom is 0.243 e. The van der Waals surface area contributed by atoms with Crippen molar-refractivity contribution >= 4 is 10.0 Å². The lowest BCUT2D eigenvalue weighted by molar-refractivity contribution is 0.269. The highest BCUT2D eigenvalue weighted by atomic mass is 32.2. The maximum atomic E-state index is 12.5. The molecule has 21 heavy (non-hydrogen) atoms. The van der Waals surface area contributed by atoms with Gasteiger partial charge in [0, 0.05) is 25.2 Å². The van der Waals surface area contributed by atoms with Gasteiger partial charge in [-0.2, -0.15) is 4.31 Å². The summed E-state index contributed by atoms with van der Waals surface area (Å²) in [4.78, 5) is 0.0351. The fraction of sp³-hybridized carbons (Fsp3) is 0.429. The van der Waals surface area contributed by atoms with Gasteiger partial charge in [-0.1, -0.05) is 12.2 Å². The summed E-state index contributed by atoms with van der Waals surface area (Å²) in [6.07, 6.45) is 0. The Kier molecular flexibility index (Phi) is 5.77. The summed E-state index contributed by atoms with van der Waals surface area (Å²) < 4.78 is 36.5. The molecule has 0 heterocycles. The average molecular weight is 315 g/mol. The molecule has 0 aliphatic rings. The van der Waals surface area contributed by atoms with Crippen LogP contribution in [0.3, 0.4) is 0 Å². The zero-order chi connectivity index (χ0) is 16.2. The van der Waals surface area contributed by atoms with Crippen molar-refractivity contribution in [1.82, 2.24) is 4.31 Å². The SMILES string of the molecule is C=C(C)CN(C)S(=O)(=O)c1cc(CO)c(OC)c(OC)c1. The van der Waals surface area contributed by atoms with E-state index in [-0.39, 0.29) is 23.8 Å². The molecule has 0 radical (unpaired) electrons. The number of aliphatic hydroxyl groups excluding tert-OH is 1. The van der Waals surface area contributed by atoms with Crippen LogP contribution in [0.4, 0.5) is 0 Å². The second kappa shape index (κ2) is 6.93. The first-order valence-electron chi connectivity index (χ1n) is 6.24. The van der Waals surface area contributed by atoms with Gasteiger partial charge in [-0.05, 0) is 13.0 Å². The number of sulfonamides is 1. The fourth-order valence-corrected chi connectivity index (χ4v) is 3.22. The topological polar surface area (TPSA) is 76.1 Å². The van der Waals surface area contributed by atoms with E-state index in [0.29, 0.717) is 11.3 Å². The average Bonchev–Trinajstić information content (AvgIpc) is 2.44. The third-order valence-corrected chi connectivity index (χ3v) is 4.68. The lowest BCUT2D eigenvalue weighted by Gasteiger charge is -2.19. The number of hydrogen-bond acceptors (Lipinski definition) is 5. The van der Waals surface area contributed by atoms with Gasteiger partial charge in [0.05, 0.1) is 25.7 Å². The molecule has 118 valence electrons. The van der Waals surface area contributed by atoms with Crippen molar-refractivity contribution in [2.24, 2.45) is 0 Å². The van der Waals surface area contributed by atoms with Crippen LogP contribution in [0.15, 0.2) is 29.2 Å². The highest BCUT2D eigenvalue weighted by Gasteiger charge is 2.24. The van der Waals surface area contributed by atoms with Crippen molar-refractivity contribution in [3.8, 4) is 11.5 Å². The van der Waals surface area contributed by atoms with Crippen LogP contribution >= 0.6 is 0 Å². The number of likely N-dealkylation sites (N-methyl/N-ethyl adjacent to an activating group) is 1. The summed E-state index contributed by atoms with van der Waals surface area (Å²) >= 11 is 0. The van der Waals surface area contributed by atoms with Gasteiger partial charge >= 0.3 is 0 Å². The summed E-state index contributed by atoms with van der Waals surface area (Å²) in [5.74, 6) is 0.577. The number of ether oxygens (including phenoxy) is 2. The van der Waals surface area contributed by atoms with Gasteiger partial charge in [0.2, 0.25) is 10.0 Å². The van der Waals surface area contributed by atoms with Crippen molar-refractivity contribution < 1.29 is 23.0 Å². The molecule has 7 heteroatoms. The number of rotatable bonds is 7. The third kappa shape index (κ3) is 3.75. The van der Waals surface area contributed by atoms with Gasteiger partial charge in [-0.15, -0.1) is 0 Å². The van der Waals surface area contributed by atoms with Crippen LogP contribution in [0.2, 0.25) is 0 Å². The molecule has 0 aromatic heterocycles. The minimum Gasteiger partial charge on any atom is -0.493 e. The highest BCUT2D eigenvalue weighted by Crippen LogP contribution is 2.34. The Bertz CT molecular complexity index is 599. The summed E-state index contributed by atoms with van der Waals surface area (Å²) in [5.41, 5.74) is 1.07. The van der Waals surface area contributed by atoms with E-state index in [1.165, 1.54) is 37.7 Å². The number of hydrogen-bond donors (Lipinski definition) is 1. The van der Waals surface area contributed by atoms with E-state index in [9.17, 15) is 13.5 Å². The highest BCUT2D eigenvalue weighted by molar-refractivity contribution is 7.89. The van der Waals surface area contributed by atoms with Crippen LogP contribution in [-0.4, -0.2) is 45.6 Å². The zero-order valence-electron chi connectivity index (χ0n) is 12.7. The quantitative estimate of drug-likeness (QED) is 0.770. The predicted molar refractivity (Wildman–Crippen MR) is 80.1 cm³/mol. The van der Waals surface area contributed by atoms with Gasteiger partial charge in [-0.25, -0.2) is 8.42 Å². The smallest absolute Gasteiger partial charge is 0.243 e. The Morgan fingerprint density at radius 1 is 1.33 bits per heavy atom. The minimum absolute atomic E-state index is 0.0351. The molecule has 0 aliphatic heterocycles. The Morgan fingerprint density at radius 3 is 2.38 bits per heavy atom. The van der Waals surface area contributed by atoms with Crippen molar-refractivity contribution in [2.75, 3.05) is 27.8 Å². The second-order valence-electron chi connectivity index (χ2n) is 4.69. The maximum absolute atomic E-state index is 12.5. The molecular formula is C14H21NO5S. The van der Waals surface area contributed by atoms with Crippen molar-refractivity contribution in [1.29, 1.82) is 0 Å². The molecule has 0 aliphatic carbocycles. The molecule has 1 aromatic carbocycles. The molecule has 0 atom stereocenters. The molecular weight excluding hydrogens is 294 g/mol. The largest absolute Gasteiger partial charge is 0.493 e. The van der Waals surface area contributed by atoms with Gasteiger partial charge < -0.3 is 14.6 Å². The molecule has 1 aromatic rings. The molecule has 6 nitrogen and oxygen atoms in total. The first kappa shape index (κ1) is 17.5. The summed E-state index contributed by atoms with van der Waals surface area (Å²) in [6.45, 7) is 5.32. The molecule has 0 fully saturated rings.